The van der Waals surface area contributed by atoms with Gasteiger partial charge < -0.3 is 28.1 Å². The van der Waals surface area contributed by atoms with Crippen LogP contribution < -0.4 is 0 Å². The van der Waals surface area contributed by atoms with E-state index >= 15 is 0 Å². The second-order valence-electron chi connectivity index (χ2n) is 14.7. The molecule has 0 radical (unpaired) electrons. The molecule has 240 valence electrons. The molecule has 0 bridgehead atoms. The van der Waals surface area contributed by atoms with Gasteiger partial charge in [0.15, 0.2) is 0 Å². The summed E-state index contributed by atoms with van der Waals surface area (Å²) in [6, 6.07) is 0. The van der Waals surface area contributed by atoms with Gasteiger partial charge in [0.1, 0.15) is 0 Å². The second-order valence-corrected chi connectivity index (χ2v) is 14.7. The van der Waals surface area contributed by atoms with E-state index in [4.69, 9.17) is 28.1 Å². The molecule has 0 saturated carbocycles. The van der Waals surface area contributed by atoms with Crippen LogP contribution >= 0.6 is 0 Å². The fourth-order valence-corrected chi connectivity index (χ4v) is 5.67. The summed E-state index contributed by atoms with van der Waals surface area (Å²) in [5.41, 5.74) is -1.73. The van der Waals surface area contributed by atoms with Gasteiger partial charge in [0.25, 0.3) is 0 Å². The van der Waals surface area contributed by atoms with Crippen LogP contribution in [0.4, 0.5) is 0 Å². The highest BCUT2D eigenvalue weighted by molar-refractivity contribution is 6.51. The summed E-state index contributed by atoms with van der Waals surface area (Å²) in [5, 5.41) is 0. The van der Waals surface area contributed by atoms with Crippen LogP contribution in [0.2, 0.25) is 11.6 Å². The Morgan fingerprint density at radius 3 is 1.10 bits per heavy atom. The normalized spacial score (nSPS) is 25.9. The quantitative estimate of drug-likeness (QED) is 0.117. The Morgan fingerprint density at radius 1 is 0.500 bits per heavy atom. The van der Waals surface area contributed by atoms with E-state index in [1.165, 1.54) is 64.2 Å². The standard InChI is InChI=1S/C34H62B2O6/c1-11-13-15-17-19-21-23-37-29-25-28(36-41-33(7,8)34(9,10)42-36)30(38-24-22-20-18-16-14-12-2)26-27(29)35-39-31(3,4)32(5,6)40-35/h25-28H,11-24H2,1-10H3. The van der Waals surface area contributed by atoms with E-state index in [2.05, 4.69) is 81.4 Å². The summed E-state index contributed by atoms with van der Waals surface area (Å²) < 4.78 is 39.3. The fourth-order valence-electron chi connectivity index (χ4n) is 5.67. The van der Waals surface area contributed by atoms with Gasteiger partial charge in [-0.2, -0.15) is 0 Å². The molecule has 2 saturated heterocycles. The summed E-state index contributed by atoms with van der Waals surface area (Å²) >= 11 is 0. The minimum atomic E-state index is -0.460. The molecule has 2 atom stereocenters. The number of allylic oxidation sites excluding steroid dienone is 2. The average molecular weight is 588 g/mol. The summed E-state index contributed by atoms with van der Waals surface area (Å²) in [6.07, 6.45) is 19.0. The van der Waals surface area contributed by atoms with Gasteiger partial charge in [-0.3, -0.25) is 0 Å². The molecule has 0 amide bonds. The number of rotatable bonds is 18. The van der Waals surface area contributed by atoms with Gasteiger partial charge >= 0.3 is 14.2 Å². The zero-order valence-electron chi connectivity index (χ0n) is 28.8. The largest absolute Gasteiger partial charge is 0.498 e. The van der Waals surface area contributed by atoms with E-state index in [0.29, 0.717) is 13.2 Å². The van der Waals surface area contributed by atoms with E-state index in [0.717, 1.165) is 24.4 Å². The predicted octanol–water partition coefficient (Wildman–Crippen LogP) is 9.45. The van der Waals surface area contributed by atoms with Crippen molar-refractivity contribution >= 4 is 14.2 Å². The highest BCUT2D eigenvalue weighted by Gasteiger charge is 2.58. The first-order valence-corrected chi connectivity index (χ1v) is 17.1. The minimum Gasteiger partial charge on any atom is -0.498 e. The molecule has 0 aromatic carbocycles. The number of hydrogen-bond acceptors (Lipinski definition) is 6. The highest BCUT2D eigenvalue weighted by Crippen LogP contribution is 2.49. The van der Waals surface area contributed by atoms with Crippen LogP contribution in [0.15, 0.2) is 23.7 Å². The van der Waals surface area contributed by atoms with Crippen molar-refractivity contribution in [3.63, 3.8) is 0 Å². The lowest BCUT2D eigenvalue weighted by molar-refractivity contribution is 0.00578. The van der Waals surface area contributed by atoms with Crippen molar-refractivity contribution in [1.82, 2.24) is 0 Å². The van der Waals surface area contributed by atoms with Crippen molar-refractivity contribution < 1.29 is 28.1 Å². The summed E-state index contributed by atoms with van der Waals surface area (Å²) in [4.78, 5) is 0. The maximum atomic E-state index is 6.56. The van der Waals surface area contributed by atoms with E-state index in [-0.39, 0.29) is 11.6 Å². The van der Waals surface area contributed by atoms with E-state index in [9.17, 15) is 0 Å². The summed E-state index contributed by atoms with van der Waals surface area (Å²) in [7, 11) is -0.921. The van der Waals surface area contributed by atoms with Crippen molar-refractivity contribution in [2.45, 2.75) is 180 Å². The van der Waals surface area contributed by atoms with Gasteiger partial charge in [0.2, 0.25) is 0 Å². The van der Waals surface area contributed by atoms with Crippen LogP contribution in [0.5, 0.6) is 0 Å². The molecule has 2 aliphatic heterocycles. The molecule has 0 aromatic rings. The molecular weight excluding hydrogens is 526 g/mol. The number of ether oxygens (including phenoxy) is 2. The molecule has 2 unspecified atom stereocenters. The summed E-state index contributed by atoms with van der Waals surface area (Å²) in [5.74, 6) is 1.33. The summed E-state index contributed by atoms with van der Waals surface area (Å²) in [6.45, 7) is 22.7. The van der Waals surface area contributed by atoms with Crippen LogP contribution in [0.3, 0.4) is 0 Å². The van der Waals surface area contributed by atoms with E-state index < -0.39 is 36.6 Å². The molecule has 3 aliphatic rings. The van der Waals surface area contributed by atoms with Gasteiger partial charge in [-0.05, 0) is 80.4 Å². The zero-order chi connectivity index (χ0) is 31.0. The first-order valence-electron chi connectivity index (χ1n) is 17.1. The van der Waals surface area contributed by atoms with Crippen molar-refractivity contribution in [3.05, 3.63) is 23.7 Å². The third-order valence-corrected chi connectivity index (χ3v) is 10.0. The van der Waals surface area contributed by atoms with Gasteiger partial charge in [-0.1, -0.05) is 78.1 Å². The Balaban J connectivity index is 1.81. The highest BCUT2D eigenvalue weighted by atomic mass is 16.7. The van der Waals surface area contributed by atoms with Gasteiger partial charge in [-0.25, -0.2) is 0 Å². The molecule has 3 rings (SSSR count). The Hall–Kier alpha value is -0.950. The van der Waals surface area contributed by atoms with Crippen molar-refractivity contribution in [2.24, 2.45) is 0 Å². The zero-order valence-corrected chi connectivity index (χ0v) is 28.8. The SMILES string of the molecule is CCCCCCCCOC1=CC(B2OC(C)(C)C(C)(C)O2)C(OCCCCCCCC)=CC1B1OC(C)(C)C(C)(C)O1. The van der Waals surface area contributed by atoms with Crippen molar-refractivity contribution in [2.75, 3.05) is 13.2 Å². The van der Waals surface area contributed by atoms with Crippen molar-refractivity contribution in [1.29, 1.82) is 0 Å². The van der Waals surface area contributed by atoms with E-state index in [1.54, 1.807) is 0 Å². The minimum absolute atomic E-state index is 0.204. The van der Waals surface area contributed by atoms with Crippen LogP contribution in [-0.2, 0) is 28.1 Å². The molecule has 1 aliphatic carbocycles. The van der Waals surface area contributed by atoms with Crippen LogP contribution in [-0.4, -0.2) is 49.9 Å². The fraction of sp³-hybridized carbons (Fsp3) is 0.882. The molecule has 42 heavy (non-hydrogen) atoms. The van der Waals surface area contributed by atoms with Crippen LogP contribution in [0.1, 0.15) is 146 Å². The number of hydrogen-bond donors (Lipinski definition) is 0. The maximum absolute atomic E-state index is 6.56. The first kappa shape index (κ1) is 35.5. The molecular formula is C34H62B2O6. The smallest absolute Gasteiger partial charge is 0.473 e. The molecule has 2 heterocycles. The van der Waals surface area contributed by atoms with Crippen LogP contribution in [0.25, 0.3) is 0 Å². The van der Waals surface area contributed by atoms with Gasteiger partial charge in [-0.15, -0.1) is 0 Å². The average Bonchev–Trinajstić information content (AvgIpc) is 3.26. The van der Waals surface area contributed by atoms with Crippen molar-refractivity contribution in [3.8, 4) is 0 Å². The Bertz CT molecular complexity index is 792. The second kappa shape index (κ2) is 15.4. The van der Waals surface area contributed by atoms with E-state index in [1.807, 2.05) is 0 Å². The first-order chi connectivity index (χ1) is 19.7. The lowest BCUT2D eigenvalue weighted by atomic mass is 9.61. The molecule has 6 nitrogen and oxygen atoms in total. The monoisotopic (exact) mass is 588 g/mol. The predicted molar refractivity (Wildman–Crippen MR) is 174 cm³/mol. The molecule has 8 heteroatoms. The Kier molecular flexibility index (Phi) is 13.0. The number of unbranched alkanes of at least 4 members (excludes halogenated alkanes) is 10. The molecule has 0 N–H and O–H groups in total. The molecule has 0 spiro atoms. The third kappa shape index (κ3) is 9.05. The van der Waals surface area contributed by atoms with Crippen LogP contribution in [0, 0.1) is 0 Å². The molecule has 0 aromatic heterocycles. The molecule has 2 fully saturated rings. The maximum Gasteiger partial charge on any atom is 0.473 e. The lowest BCUT2D eigenvalue weighted by Gasteiger charge is -2.32. The van der Waals surface area contributed by atoms with Gasteiger partial charge in [0.05, 0.1) is 58.8 Å². The third-order valence-electron chi connectivity index (χ3n) is 10.0. The Labute approximate surface area is 259 Å². The topological polar surface area (TPSA) is 55.4 Å². The van der Waals surface area contributed by atoms with Gasteiger partial charge in [0, 0.05) is 0 Å². The lowest BCUT2D eigenvalue weighted by Crippen LogP contribution is -2.41. The Morgan fingerprint density at radius 2 is 0.786 bits per heavy atom.